The average molecular weight is 372 g/mol. The van der Waals surface area contributed by atoms with Crippen LogP contribution >= 0.6 is 0 Å². The fraction of sp³-hybridized carbons (Fsp3) is 0.647. The zero-order chi connectivity index (χ0) is 17.9. The van der Waals surface area contributed by atoms with E-state index in [1.165, 1.54) is 16.4 Å². The van der Waals surface area contributed by atoms with Crippen LogP contribution in [0.4, 0.5) is 4.39 Å². The van der Waals surface area contributed by atoms with Crippen molar-refractivity contribution in [2.24, 2.45) is 11.7 Å². The molecule has 2 unspecified atom stereocenters. The average Bonchev–Trinajstić information content (AvgIpc) is 3.14. The molecule has 2 heterocycles. The van der Waals surface area contributed by atoms with Crippen molar-refractivity contribution in [2.75, 3.05) is 32.9 Å². The lowest BCUT2D eigenvalue weighted by atomic mass is 10.1. The van der Waals surface area contributed by atoms with Gasteiger partial charge in [-0.3, -0.25) is 0 Å². The van der Waals surface area contributed by atoms with Gasteiger partial charge in [0, 0.05) is 31.7 Å². The molecule has 140 valence electrons. The third-order valence-electron chi connectivity index (χ3n) is 4.85. The quantitative estimate of drug-likeness (QED) is 0.823. The zero-order valence-corrected chi connectivity index (χ0v) is 15.0. The predicted molar refractivity (Wildman–Crippen MR) is 91.4 cm³/mol. The van der Waals surface area contributed by atoms with Gasteiger partial charge in [0.05, 0.1) is 18.1 Å². The Kier molecular flexibility index (Phi) is 5.93. The van der Waals surface area contributed by atoms with Gasteiger partial charge in [0.1, 0.15) is 0 Å². The van der Waals surface area contributed by atoms with Crippen molar-refractivity contribution in [1.29, 1.82) is 0 Å². The van der Waals surface area contributed by atoms with Crippen molar-refractivity contribution < 1.29 is 22.3 Å². The molecular weight excluding hydrogens is 347 g/mol. The predicted octanol–water partition coefficient (Wildman–Crippen LogP) is 1.74. The van der Waals surface area contributed by atoms with Crippen LogP contribution in [-0.2, 0) is 14.8 Å². The van der Waals surface area contributed by atoms with E-state index in [1.54, 1.807) is 0 Å². The summed E-state index contributed by atoms with van der Waals surface area (Å²) in [5, 5.41) is 0. The van der Waals surface area contributed by atoms with Gasteiger partial charge in [-0.2, -0.15) is 4.31 Å². The van der Waals surface area contributed by atoms with Gasteiger partial charge in [-0.1, -0.05) is 6.42 Å². The summed E-state index contributed by atoms with van der Waals surface area (Å²) in [5.41, 5.74) is 5.71. The number of hydrogen-bond donors (Lipinski definition) is 1. The molecule has 2 aliphatic rings. The Morgan fingerprint density at radius 2 is 2.16 bits per heavy atom. The number of nitrogens with two attached hydrogens (primary N) is 1. The van der Waals surface area contributed by atoms with E-state index in [2.05, 4.69) is 0 Å². The van der Waals surface area contributed by atoms with E-state index in [1.807, 2.05) is 0 Å². The molecule has 2 N–H and O–H groups in total. The third-order valence-corrected chi connectivity index (χ3v) is 6.80. The lowest BCUT2D eigenvalue weighted by Gasteiger charge is -2.33. The fourth-order valence-corrected chi connectivity index (χ4v) is 5.06. The standard InChI is InChI=1S/C17H25FN2O4S/c18-16-9-15(4-5-17(16)24-12-13-6-8-23-11-13)25(21,22)20-7-2-1-3-14(20)10-19/h4-5,9,13-14H,1-3,6-8,10-12,19H2. The van der Waals surface area contributed by atoms with Crippen LogP contribution in [0.2, 0.25) is 0 Å². The Hall–Kier alpha value is -1.22. The van der Waals surface area contributed by atoms with Gasteiger partial charge in [0.15, 0.2) is 11.6 Å². The number of halogens is 1. The summed E-state index contributed by atoms with van der Waals surface area (Å²) in [7, 11) is -3.76. The first-order valence-corrected chi connectivity index (χ1v) is 10.2. The molecular formula is C17H25FN2O4S. The Morgan fingerprint density at radius 3 is 2.84 bits per heavy atom. The van der Waals surface area contributed by atoms with Crippen LogP contribution in [0.25, 0.3) is 0 Å². The highest BCUT2D eigenvalue weighted by molar-refractivity contribution is 7.89. The second kappa shape index (κ2) is 7.99. The number of nitrogens with zero attached hydrogens (tertiary/aromatic N) is 1. The first kappa shape index (κ1) is 18.6. The van der Waals surface area contributed by atoms with E-state index in [-0.39, 0.29) is 29.1 Å². The highest BCUT2D eigenvalue weighted by Gasteiger charge is 2.33. The molecule has 0 spiro atoms. The number of rotatable bonds is 6. The summed E-state index contributed by atoms with van der Waals surface area (Å²) in [6, 6.07) is 3.61. The Bertz CT molecular complexity index is 692. The lowest BCUT2D eigenvalue weighted by molar-refractivity contribution is 0.165. The molecule has 0 aliphatic carbocycles. The minimum atomic E-state index is -3.76. The van der Waals surface area contributed by atoms with Gasteiger partial charge in [-0.05, 0) is 37.5 Å². The first-order chi connectivity index (χ1) is 12.0. The molecule has 0 amide bonds. The summed E-state index contributed by atoms with van der Waals surface area (Å²) in [4.78, 5) is -0.0538. The molecule has 8 heteroatoms. The van der Waals surface area contributed by atoms with Gasteiger partial charge in [0.2, 0.25) is 10.0 Å². The number of sulfonamides is 1. The van der Waals surface area contributed by atoms with Crippen molar-refractivity contribution in [3.05, 3.63) is 24.0 Å². The summed E-state index contributed by atoms with van der Waals surface area (Å²) in [6.07, 6.45) is 3.38. The van der Waals surface area contributed by atoms with Crippen LogP contribution in [-0.4, -0.2) is 51.7 Å². The maximum atomic E-state index is 14.3. The molecule has 2 saturated heterocycles. The van der Waals surface area contributed by atoms with E-state index < -0.39 is 15.8 Å². The second-order valence-corrected chi connectivity index (χ2v) is 8.52. The summed E-state index contributed by atoms with van der Waals surface area (Å²) < 4.78 is 52.2. The van der Waals surface area contributed by atoms with Crippen LogP contribution < -0.4 is 10.5 Å². The van der Waals surface area contributed by atoms with Crippen LogP contribution in [0.15, 0.2) is 23.1 Å². The van der Waals surface area contributed by atoms with Gasteiger partial charge in [-0.15, -0.1) is 0 Å². The third kappa shape index (κ3) is 4.13. The van der Waals surface area contributed by atoms with Crippen molar-refractivity contribution in [3.63, 3.8) is 0 Å². The van der Waals surface area contributed by atoms with Crippen LogP contribution in [0.5, 0.6) is 5.75 Å². The van der Waals surface area contributed by atoms with Crippen LogP contribution in [0.3, 0.4) is 0 Å². The fourth-order valence-electron chi connectivity index (χ4n) is 3.34. The Labute approximate surface area is 148 Å². The van der Waals surface area contributed by atoms with Gasteiger partial charge in [-0.25, -0.2) is 12.8 Å². The molecule has 2 atom stereocenters. The topological polar surface area (TPSA) is 81.9 Å². The number of piperidine rings is 1. The highest BCUT2D eigenvalue weighted by Crippen LogP contribution is 2.28. The zero-order valence-electron chi connectivity index (χ0n) is 14.2. The van der Waals surface area contributed by atoms with Crippen molar-refractivity contribution in [3.8, 4) is 5.75 Å². The number of hydrogen-bond acceptors (Lipinski definition) is 5. The molecule has 0 bridgehead atoms. The number of benzene rings is 1. The van der Waals surface area contributed by atoms with Crippen molar-refractivity contribution in [2.45, 2.75) is 36.6 Å². The van der Waals surface area contributed by atoms with Crippen LogP contribution in [0, 0.1) is 11.7 Å². The molecule has 2 fully saturated rings. The number of ether oxygens (including phenoxy) is 2. The molecule has 3 rings (SSSR count). The highest BCUT2D eigenvalue weighted by atomic mass is 32.2. The molecule has 1 aromatic rings. The summed E-state index contributed by atoms with van der Waals surface area (Å²) >= 11 is 0. The minimum absolute atomic E-state index is 0.0538. The first-order valence-electron chi connectivity index (χ1n) is 8.74. The molecule has 0 radical (unpaired) electrons. The molecule has 2 aliphatic heterocycles. The maximum Gasteiger partial charge on any atom is 0.243 e. The van der Waals surface area contributed by atoms with Crippen molar-refractivity contribution >= 4 is 10.0 Å². The van der Waals surface area contributed by atoms with E-state index in [0.29, 0.717) is 26.4 Å². The largest absolute Gasteiger partial charge is 0.490 e. The Morgan fingerprint density at radius 1 is 1.32 bits per heavy atom. The van der Waals surface area contributed by atoms with Gasteiger partial charge >= 0.3 is 0 Å². The second-order valence-electron chi connectivity index (χ2n) is 6.63. The van der Waals surface area contributed by atoms with E-state index >= 15 is 0 Å². The van der Waals surface area contributed by atoms with Gasteiger partial charge in [0.25, 0.3) is 0 Å². The van der Waals surface area contributed by atoms with Gasteiger partial charge < -0.3 is 15.2 Å². The normalized spacial score (nSPS) is 25.2. The SMILES string of the molecule is NCC1CCCCN1S(=O)(=O)c1ccc(OCC2CCOC2)c(F)c1. The Balaban J connectivity index is 1.74. The van der Waals surface area contributed by atoms with E-state index in [0.717, 1.165) is 31.7 Å². The molecule has 0 saturated carbocycles. The summed E-state index contributed by atoms with van der Waals surface area (Å²) in [6.45, 7) is 2.37. The monoisotopic (exact) mass is 372 g/mol. The van der Waals surface area contributed by atoms with E-state index in [4.69, 9.17) is 15.2 Å². The molecule has 0 aromatic heterocycles. The molecule has 25 heavy (non-hydrogen) atoms. The maximum absolute atomic E-state index is 14.3. The van der Waals surface area contributed by atoms with Crippen molar-refractivity contribution in [1.82, 2.24) is 4.31 Å². The molecule has 1 aromatic carbocycles. The van der Waals surface area contributed by atoms with E-state index in [9.17, 15) is 12.8 Å². The smallest absolute Gasteiger partial charge is 0.243 e. The lowest BCUT2D eigenvalue weighted by Crippen LogP contribution is -2.47. The summed E-state index contributed by atoms with van der Waals surface area (Å²) in [5.74, 6) is -0.345. The minimum Gasteiger partial charge on any atom is -0.490 e. The van der Waals surface area contributed by atoms with Crippen LogP contribution in [0.1, 0.15) is 25.7 Å². The molecule has 6 nitrogen and oxygen atoms in total.